The molecule has 1 N–H and O–H groups in total. The van der Waals surface area contributed by atoms with E-state index in [4.69, 9.17) is 23.2 Å². The quantitative estimate of drug-likeness (QED) is 0.829. The van der Waals surface area contributed by atoms with Gasteiger partial charge in [0.2, 0.25) is 0 Å². The molecule has 0 aliphatic heterocycles. The topological polar surface area (TPSA) is 12.0 Å². The maximum absolute atomic E-state index is 6.32. The van der Waals surface area contributed by atoms with Gasteiger partial charge in [-0.3, -0.25) is 0 Å². The highest BCUT2D eigenvalue weighted by molar-refractivity contribution is 6.42. The highest BCUT2D eigenvalue weighted by atomic mass is 35.5. The Labute approximate surface area is 126 Å². The summed E-state index contributed by atoms with van der Waals surface area (Å²) in [6, 6.07) is 6.57. The van der Waals surface area contributed by atoms with Crippen LogP contribution < -0.4 is 5.32 Å². The van der Waals surface area contributed by atoms with Gasteiger partial charge in [-0.05, 0) is 56.2 Å². The summed E-state index contributed by atoms with van der Waals surface area (Å²) in [5, 5.41) is 4.88. The van der Waals surface area contributed by atoms with Crippen LogP contribution in [0.1, 0.15) is 38.2 Å². The van der Waals surface area contributed by atoms with Gasteiger partial charge in [0.15, 0.2) is 0 Å². The first-order valence-electron chi connectivity index (χ1n) is 7.25. The number of halogens is 2. The predicted octanol–water partition coefficient (Wildman–Crippen LogP) is 4.95. The minimum atomic E-state index is 0.609. The molecule has 106 valence electrons. The summed E-state index contributed by atoms with van der Waals surface area (Å²) in [6.07, 6.45) is 6.24. The van der Waals surface area contributed by atoms with Crippen LogP contribution in [0.25, 0.3) is 0 Å². The fourth-order valence-electron chi connectivity index (χ4n) is 3.33. The standard InChI is InChI=1S/C16H23Cl2N/c1-3-11-7-8-15(19-2)13(9-11)10-12-5-4-6-14(17)16(12)18/h4-6,11,13,15,19H,3,7-10H2,1-2H3. The SMILES string of the molecule is CCC1CCC(NC)C(Cc2cccc(Cl)c2Cl)C1. The Hall–Kier alpha value is -0.240. The van der Waals surface area contributed by atoms with Crippen molar-refractivity contribution >= 4 is 23.2 Å². The summed E-state index contributed by atoms with van der Waals surface area (Å²) in [4.78, 5) is 0. The van der Waals surface area contributed by atoms with Crippen molar-refractivity contribution in [3.63, 3.8) is 0 Å². The molecular formula is C16H23Cl2N. The molecule has 0 heterocycles. The molecule has 0 bridgehead atoms. The smallest absolute Gasteiger partial charge is 0.0624 e. The second-order valence-corrected chi connectivity index (χ2v) is 6.44. The van der Waals surface area contributed by atoms with Crippen molar-refractivity contribution in [2.75, 3.05) is 7.05 Å². The first-order valence-corrected chi connectivity index (χ1v) is 8.01. The molecule has 3 heteroatoms. The zero-order valence-corrected chi connectivity index (χ0v) is 13.3. The van der Waals surface area contributed by atoms with Crippen LogP contribution in [-0.2, 0) is 6.42 Å². The van der Waals surface area contributed by atoms with Crippen LogP contribution in [0.3, 0.4) is 0 Å². The Morgan fingerprint density at radius 2 is 2.05 bits per heavy atom. The molecule has 0 saturated heterocycles. The maximum Gasteiger partial charge on any atom is 0.0624 e. The van der Waals surface area contributed by atoms with Crippen LogP contribution in [0.2, 0.25) is 10.0 Å². The second kappa shape index (κ2) is 6.97. The summed E-state index contributed by atoms with van der Waals surface area (Å²) in [7, 11) is 2.07. The predicted molar refractivity (Wildman–Crippen MR) is 84.1 cm³/mol. The zero-order valence-electron chi connectivity index (χ0n) is 11.8. The summed E-state index contributed by atoms with van der Waals surface area (Å²) in [5.41, 5.74) is 1.19. The lowest BCUT2D eigenvalue weighted by Gasteiger charge is -2.36. The summed E-state index contributed by atoms with van der Waals surface area (Å²) >= 11 is 12.4. The first kappa shape index (κ1) is 15.2. The third-order valence-corrected chi connectivity index (χ3v) is 5.41. The van der Waals surface area contributed by atoms with E-state index in [-0.39, 0.29) is 0 Å². The van der Waals surface area contributed by atoms with Gasteiger partial charge in [0, 0.05) is 6.04 Å². The van der Waals surface area contributed by atoms with Crippen LogP contribution in [0.4, 0.5) is 0 Å². The maximum atomic E-state index is 6.32. The van der Waals surface area contributed by atoms with Gasteiger partial charge in [0.1, 0.15) is 0 Å². The zero-order chi connectivity index (χ0) is 13.8. The monoisotopic (exact) mass is 299 g/mol. The fraction of sp³-hybridized carbons (Fsp3) is 0.625. The molecule has 1 fully saturated rings. The van der Waals surface area contributed by atoms with E-state index in [1.807, 2.05) is 12.1 Å². The largest absolute Gasteiger partial charge is 0.317 e. The molecule has 1 aromatic rings. The van der Waals surface area contributed by atoms with Gasteiger partial charge < -0.3 is 5.32 Å². The Balaban J connectivity index is 2.12. The molecule has 1 saturated carbocycles. The Bertz CT molecular complexity index is 419. The number of hydrogen-bond acceptors (Lipinski definition) is 1. The molecule has 3 unspecified atom stereocenters. The molecule has 1 nitrogen and oxygen atoms in total. The van der Waals surface area contributed by atoms with E-state index in [0.29, 0.717) is 17.0 Å². The summed E-state index contributed by atoms with van der Waals surface area (Å²) in [5.74, 6) is 1.53. The van der Waals surface area contributed by atoms with Gasteiger partial charge in [-0.25, -0.2) is 0 Å². The van der Waals surface area contributed by atoms with Gasteiger partial charge in [0.25, 0.3) is 0 Å². The van der Waals surface area contributed by atoms with Crippen LogP contribution in [0, 0.1) is 11.8 Å². The third-order valence-electron chi connectivity index (χ3n) is 4.55. The van der Waals surface area contributed by atoms with E-state index in [9.17, 15) is 0 Å². The van der Waals surface area contributed by atoms with Crippen molar-refractivity contribution in [2.24, 2.45) is 11.8 Å². The molecule has 2 rings (SSSR count). The molecule has 1 aliphatic rings. The van der Waals surface area contributed by atoms with E-state index in [1.165, 1.54) is 31.2 Å². The van der Waals surface area contributed by atoms with Gasteiger partial charge in [-0.15, -0.1) is 0 Å². The van der Waals surface area contributed by atoms with Crippen LogP contribution in [0.5, 0.6) is 0 Å². The van der Waals surface area contributed by atoms with E-state index in [1.54, 1.807) is 0 Å². The van der Waals surface area contributed by atoms with Crippen LogP contribution >= 0.6 is 23.2 Å². The van der Waals surface area contributed by atoms with Crippen molar-refractivity contribution in [1.82, 2.24) is 5.32 Å². The fourth-order valence-corrected chi connectivity index (χ4v) is 3.72. The molecular weight excluding hydrogens is 277 g/mol. The van der Waals surface area contributed by atoms with Gasteiger partial charge >= 0.3 is 0 Å². The Kier molecular flexibility index (Phi) is 5.56. The highest BCUT2D eigenvalue weighted by Gasteiger charge is 2.29. The second-order valence-electron chi connectivity index (χ2n) is 5.66. The number of rotatable bonds is 4. The summed E-state index contributed by atoms with van der Waals surface area (Å²) in [6.45, 7) is 2.30. The van der Waals surface area contributed by atoms with Crippen molar-refractivity contribution in [1.29, 1.82) is 0 Å². The molecule has 0 amide bonds. The Morgan fingerprint density at radius 1 is 1.26 bits per heavy atom. The number of hydrogen-bond donors (Lipinski definition) is 1. The highest BCUT2D eigenvalue weighted by Crippen LogP contribution is 2.35. The molecule has 1 aliphatic carbocycles. The number of nitrogens with one attached hydrogen (secondary N) is 1. The minimum absolute atomic E-state index is 0.609. The third kappa shape index (κ3) is 3.65. The van der Waals surface area contributed by atoms with E-state index in [2.05, 4.69) is 25.4 Å². The lowest BCUT2D eigenvalue weighted by Crippen LogP contribution is -2.39. The van der Waals surface area contributed by atoms with Gasteiger partial charge in [-0.1, -0.05) is 48.7 Å². The first-order chi connectivity index (χ1) is 9.15. The van der Waals surface area contributed by atoms with Crippen molar-refractivity contribution in [2.45, 2.75) is 45.1 Å². The molecule has 0 aromatic heterocycles. The van der Waals surface area contributed by atoms with E-state index >= 15 is 0 Å². The van der Waals surface area contributed by atoms with Crippen LogP contribution in [-0.4, -0.2) is 13.1 Å². The minimum Gasteiger partial charge on any atom is -0.317 e. The molecule has 19 heavy (non-hydrogen) atoms. The average Bonchev–Trinajstić information content (AvgIpc) is 2.43. The normalized spacial score (nSPS) is 27.5. The van der Waals surface area contributed by atoms with Gasteiger partial charge in [-0.2, -0.15) is 0 Å². The van der Waals surface area contributed by atoms with Gasteiger partial charge in [0.05, 0.1) is 10.0 Å². The molecule has 3 atom stereocenters. The molecule has 0 radical (unpaired) electrons. The molecule has 1 aromatic carbocycles. The van der Waals surface area contributed by atoms with Crippen molar-refractivity contribution < 1.29 is 0 Å². The van der Waals surface area contributed by atoms with E-state index in [0.717, 1.165) is 17.4 Å². The van der Waals surface area contributed by atoms with E-state index < -0.39 is 0 Å². The molecule has 0 spiro atoms. The van der Waals surface area contributed by atoms with Crippen molar-refractivity contribution in [3.8, 4) is 0 Å². The summed E-state index contributed by atoms with van der Waals surface area (Å²) < 4.78 is 0. The Morgan fingerprint density at radius 3 is 2.74 bits per heavy atom. The average molecular weight is 300 g/mol. The van der Waals surface area contributed by atoms with Crippen molar-refractivity contribution in [3.05, 3.63) is 33.8 Å². The lowest BCUT2D eigenvalue weighted by molar-refractivity contribution is 0.205. The van der Waals surface area contributed by atoms with Crippen LogP contribution in [0.15, 0.2) is 18.2 Å². The lowest BCUT2D eigenvalue weighted by atomic mass is 9.74. The number of benzene rings is 1.